The fourth-order valence-electron chi connectivity index (χ4n) is 2.76. The molecule has 2 aromatic carbocycles. The van der Waals surface area contributed by atoms with Gasteiger partial charge in [0.15, 0.2) is 17.3 Å². The molecule has 1 amide bonds. The molecule has 0 aromatic heterocycles. The Morgan fingerprint density at radius 2 is 1.61 bits per heavy atom. The van der Waals surface area contributed by atoms with E-state index < -0.39 is 17.7 Å². The van der Waals surface area contributed by atoms with Gasteiger partial charge in [0.2, 0.25) is 6.04 Å². The second-order valence-corrected chi connectivity index (χ2v) is 7.34. The highest BCUT2D eigenvalue weighted by Gasteiger charge is 2.25. The first-order chi connectivity index (χ1) is 15.7. The summed E-state index contributed by atoms with van der Waals surface area (Å²) in [5.74, 6) is 0.187. The summed E-state index contributed by atoms with van der Waals surface area (Å²) in [7, 11) is 2.88. The van der Waals surface area contributed by atoms with Crippen LogP contribution in [0.15, 0.2) is 34.5 Å². The number of amides is 1. The van der Waals surface area contributed by atoms with E-state index >= 15 is 0 Å². The summed E-state index contributed by atoms with van der Waals surface area (Å²) in [6, 6.07) is 4.60. The molecule has 0 saturated carbocycles. The number of methoxy groups -OCH3 is 2. The lowest BCUT2D eigenvalue weighted by Crippen LogP contribution is -2.32. The Labute approximate surface area is 202 Å². The predicted molar refractivity (Wildman–Crippen MR) is 126 cm³/mol. The highest BCUT2D eigenvalue weighted by molar-refractivity contribution is 6.33. The van der Waals surface area contributed by atoms with Crippen LogP contribution in [0.2, 0.25) is 10.0 Å². The van der Waals surface area contributed by atoms with Gasteiger partial charge in [0.05, 0.1) is 48.9 Å². The average molecular weight is 498 g/mol. The van der Waals surface area contributed by atoms with E-state index in [-0.39, 0.29) is 21.4 Å². The minimum Gasteiger partial charge on any atom is -0.495 e. The van der Waals surface area contributed by atoms with E-state index in [0.29, 0.717) is 36.2 Å². The molecule has 0 fully saturated rings. The molecule has 0 radical (unpaired) electrons. The van der Waals surface area contributed by atoms with Gasteiger partial charge in [-0.05, 0) is 32.9 Å². The van der Waals surface area contributed by atoms with Crippen LogP contribution in [0.4, 0.5) is 11.4 Å². The molecule has 0 aliphatic carbocycles. The largest absolute Gasteiger partial charge is 0.495 e. The molecule has 11 heteroatoms. The lowest BCUT2D eigenvalue weighted by atomic mass is 10.2. The number of nitrogens with zero attached hydrogens (tertiary/aromatic N) is 2. The molecule has 1 atom stereocenters. The van der Waals surface area contributed by atoms with Crippen molar-refractivity contribution in [3.05, 3.63) is 34.3 Å². The number of Topliss-reactive ketones (excluding diaryl/α,β-unsaturated/α-hetero) is 1. The maximum absolute atomic E-state index is 12.8. The number of hydrogen-bond donors (Lipinski definition) is 1. The van der Waals surface area contributed by atoms with Crippen LogP contribution in [0.25, 0.3) is 0 Å². The van der Waals surface area contributed by atoms with Crippen molar-refractivity contribution >= 4 is 46.3 Å². The third kappa shape index (κ3) is 6.72. The standard InChI is InChI=1S/C22H25Cl2N3O6/c1-6-32-19-9-13(8-15(24)21(19)33-7-2)26-27-20(12(3)28)22(29)25-16-10-14(23)17(30-4)11-18(16)31-5/h8-11,20H,6-7H2,1-5H3,(H,25,29). The molecule has 0 aliphatic heterocycles. The molecule has 1 unspecified atom stereocenters. The van der Waals surface area contributed by atoms with Crippen molar-refractivity contribution in [2.45, 2.75) is 26.8 Å². The number of benzene rings is 2. The minimum absolute atomic E-state index is 0.248. The van der Waals surface area contributed by atoms with E-state index in [2.05, 4.69) is 15.5 Å². The molecule has 0 aliphatic rings. The van der Waals surface area contributed by atoms with Crippen LogP contribution < -0.4 is 24.3 Å². The molecule has 9 nitrogen and oxygen atoms in total. The summed E-state index contributed by atoms with van der Waals surface area (Å²) in [6.45, 7) is 5.64. The zero-order valence-electron chi connectivity index (χ0n) is 18.9. The Kier molecular flexibility index (Phi) is 9.74. The Morgan fingerprint density at radius 1 is 0.939 bits per heavy atom. The first kappa shape index (κ1) is 26.2. The van der Waals surface area contributed by atoms with Crippen molar-refractivity contribution in [2.24, 2.45) is 10.2 Å². The molecular weight excluding hydrogens is 473 g/mol. The Balaban J connectivity index is 2.32. The summed E-state index contributed by atoms with van der Waals surface area (Å²) < 4.78 is 21.5. The second kappa shape index (κ2) is 12.3. The van der Waals surface area contributed by atoms with E-state index in [9.17, 15) is 9.59 Å². The monoisotopic (exact) mass is 497 g/mol. The first-order valence-electron chi connectivity index (χ1n) is 9.98. The maximum atomic E-state index is 12.8. The van der Waals surface area contributed by atoms with Gasteiger partial charge >= 0.3 is 0 Å². The smallest absolute Gasteiger partial charge is 0.258 e. The van der Waals surface area contributed by atoms with Crippen molar-refractivity contribution in [2.75, 3.05) is 32.8 Å². The van der Waals surface area contributed by atoms with Gasteiger partial charge in [0, 0.05) is 12.1 Å². The number of carbonyl (C=O) groups excluding carboxylic acids is 2. The van der Waals surface area contributed by atoms with Crippen LogP contribution >= 0.6 is 23.2 Å². The van der Waals surface area contributed by atoms with E-state index in [4.69, 9.17) is 42.1 Å². The van der Waals surface area contributed by atoms with Gasteiger partial charge in [-0.15, -0.1) is 0 Å². The first-order valence-corrected chi connectivity index (χ1v) is 10.7. The van der Waals surface area contributed by atoms with Gasteiger partial charge in [-0.1, -0.05) is 23.2 Å². The highest BCUT2D eigenvalue weighted by Crippen LogP contribution is 2.40. The van der Waals surface area contributed by atoms with E-state index in [1.54, 1.807) is 6.07 Å². The van der Waals surface area contributed by atoms with Crippen molar-refractivity contribution in [3.8, 4) is 23.0 Å². The van der Waals surface area contributed by atoms with Gasteiger partial charge in [-0.25, -0.2) is 0 Å². The lowest BCUT2D eigenvalue weighted by Gasteiger charge is -2.15. The summed E-state index contributed by atoms with van der Waals surface area (Å²) in [5.41, 5.74) is 0.536. The molecule has 1 N–H and O–H groups in total. The molecule has 0 bridgehead atoms. The molecule has 33 heavy (non-hydrogen) atoms. The summed E-state index contributed by atoms with van der Waals surface area (Å²) in [5, 5.41) is 11.1. The zero-order chi connectivity index (χ0) is 24.5. The zero-order valence-corrected chi connectivity index (χ0v) is 20.4. The Bertz CT molecular complexity index is 1050. The van der Waals surface area contributed by atoms with E-state index in [1.807, 2.05) is 13.8 Å². The van der Waals surface area contributed by atoms with Gasteiger partial charge in [-0.3, -0.25) is 9.59 Å². The molecule has 2 aromatic rings. The number of hydrogen-bond acceptors (Lipinski definition) is 8. The van der Waals surface area contributed by atoms with Gasteiger partial charge in [0.1, 0.15) is 11.5 Å². The second-order valence-electron chi connectivity index (χ2n) is 6.53. The number of carbonyl (C=O) groups is 2. The van der Waals surface area contributed by atoms with Crippen LogP contribution in [-0.2, 0) is 9.59 Å². The third-order valence-electron chi connectivity index (χ3n) is 4.24. The van der Waals surface area contributed by atoms with Crippen LogP contribution in [0, 0.1) is 0 Å². The molecule has 0 saturated heterocycles. The Hall–Kier alpha value is -3.04. The quantitative estimate of drug-likeness (QED) is 0.324. The molecule has 178 valence electrons. The molecule has 0 heterocycles. The van der Waals surface area contributed by atoms with Gasteiger partial charge in [0.25, 0.3) is 5.91 Å². The number of ether oxygens (including phenoxy) is 4. The van der Waals surface area contributed by atoms with E-state index in [1.165, 1.54) is 39.3 Å². The van der Waals surface area contributed by atoms with Crippen molar-refractivity contribution in [3.63, 3.8) is 0 Å². The highest BCUT2D eigenvalue weighted by atomic mass is 35.5. The van der Waals surface area contributed by atoms with Crippen molar-refractivity contribution < 1.29 is 28.5 Å². The van der Waals surface area contributed by atoms with Gasteiger partial charge < -0.3 is 24.3 Å². The van der Waals surface area contributed by atoms with Crippen LogP contribution in [0.5, 0.6) is 23.0 Å². The fraction of sp³-hybridized carbons (Fsp3) is 0.364. The number of ketones is 1. The van der Waals surface area contributed by atoms with Crippen molar-refractivity contribution in [1.82, 2.24) is 0 Å². The Morgan fingerprint density at radius 3 is 2.18 bits per heavy atom. The topological polar surface area (TPSA) is 108 Å². The van der Waals surface area contributed by atoms with Crippen molar-refractivity contribution in [1.29, 1.82) is 0 Å². The summed E-state index contributed by atoms with van der Waals surface area (Å²) in [6.07, 6.45) is 0. The van der Waals surface area contributed by atoms with Crippen LogP contribution in [0.1, 0.15) is 20.8 Å². The number of azo groups is 1. The number of rotatable bonds is 11. The predicted octanol–water partition coefficient (Wildman–Crippen LogP) is 5.49. The normalized spacial score (nSPS) is 11.7. The molecular formula is C22H25Cl2N3O6. The fourth-order valence-corrected chi connectivity index (χ4v) is 3.26. The average Bonchev–Trinajstić information content (AvgIpc) is 2.76. The summed E-state index contributed by atoms with van der Waals surface area (Å²) >= 11 is 12.4. The number of nitrogens with one attached hydrogen (secondary N) is 1. The van der Waals surface area contributed by atoms with Gasteiger partial charge in [-0.2, -0.15) is 10.2 Å². The maximum Gasteiger partial charge on any atom is 0.258 e. The minimum atomic E-state index is -1.42. The number of halogens is 2. The van der Waals surface area contributed by atoms with E-state index in [0.717, 1.165) is 0 Å². The molecule has 2 rings (SSSR count). The SMILES string of the molecule is CCOc1cc(N=NC(C(C)=O)C(=O)Nc2cc(Cl)c(OC)cc2OC)cc(Cl)c1OCC. The molecule has 0 spiro atoms. The number of anilines is 1. The third-order valence-corrected chi connectivity index (χ3v) is 4.81. The van der Waals surface area contributed by atoms with Crippen LogP contribution in [-0.4, -0.2) is 45.2 Å². The summed E-state index contributed by atoms with van der Waals surface area (Å²) in [4.78, 5) is 24.9. The van der Waals surface area contributed by atoms with Crippen LogP contribution in [0.3, 0.4) is 0 Å². The lowest BCUT2D eigenvalue weighted by molar-refractivity contribution is -0.126.